The summed E-state index contributed by atoms with van der Waals surface area (Å²) in [5.41, 5.74) is 3.77. The quantitative estimate of drug-likeness (QED) is 0.743. The van der Waals surface area contributed by atoms with Gasteiger partial charge < -0.3 is 5.32 Å². The van der Waals surface area contributed by atoms with Crippen LogP contribution in [0.25, 0.3) is 0 Å². The van der Waals surface area contributed by atoms with Gasteiger partial charge in [-0.3, -0.25) is 0 Å². The highest BCUT2D eigenvalue weighted by atomic mass is 79.9. The van der Waals surface area contributed by atoms with E-state index in [0.717, 1.165) is 27.7 Å². The van der Waals surface area contributed by atoms with Gasteiger partial charge in [0.1, 0.15) is 5.82 Å². The molecule has 0 bridgehead atoms. The van der Waals surface area contributed by atoms with Gasteiger partial charge in [-0.25, -0.2) is 4.39 Å². The normalized spacial score (nSPS) is 12.5. The molecule has 1 N–H and O–H groups in total. The lowest BCUT2D eigenvalue weighted by Gasteiger charge is -2.21. The molecule has 4 heteroatoms. The Bertz CT molecular complexity index is 637. The molecule has 21 heavy (non-hydrogen) atoms. The molecule has 0 radical (unpaired) electrons. The van der Waals surface area contributed by atoms with E-state index in [4.69, 9.17) is 11.6 Å². The number of halogens is 3. The average molecular weight is 371 g/mol. The van der Waals surface area contributed by atoms with Gasteiger partial charge in [-0.2, -0.15) is 0 Å². The van der Waals surface area contributed by atoms with E-state index >= 15 is 0 Å². The van der Waals surface area contributed by atoms with Crippen LogP contribution in [0.15, 0.2) is 34.8 Å². The van der Waals surface area contributed by atoms with E-state index in [0.29, 0.717) is 10.6 Å². The van der Waals surface area contributed by atoms with Crippen LogP contribution in [0.1, 0.15) is 35.2 Å². The van der Waals surface area contributed by atoms with Gasteiger partial charge in [0, 0.05) is 9.50 Å². The maximum absolute atomic E-state index is 13.6. The zero-order chi connectivity index (χ0) is 15.6. The molecule has 1 unspecified atom stereocenters. The summed E-state index contributed by atoms with van der Waals surface area (Å²) in [6.07, 6.45) is 0. The maximum Gasteiger partial charge on any atom is 0.127 e. The molecule has 0 spiro atoms. The molecule has 2 aromatic rings. The van der Waals surface area contributed by atoms with E-state index in [9.17, 15) is 4.39 Å². The Labute approximate surface area is 138 Å². The molecule has 112 valence electrons. The van der Waals surface area contributed by atoms with Gasteiger partial charge in [0.2, 0.25) is 0 Å². The fraction of sp³-hybridized carbons (Fsp3) is 0.294. The largest absolute Gasteiger partial charge is 0.306 e. The molecule has 2 rings (SSSR count). The lowest BCUT2D eigenvalue weighted by atomic mass is 9.96. The van der Waals surface area contributed by atoms with Gasteiger partial charge in [0.05, 0.1) is 6.04 Å². The minimum atomic E-state index is -0.274. The second-order valence-corrected chi connectivity index (χ2v) is 6.50. The summed E-state index contributed by atoms with van der Waals surface area (Å²) in [7, 11) is 0. The summed E-state index contributed by atoms with van der Waals surface area (Å²) in [6.45, 7) is 6.64. The number of hydrogen-bond acceptors (Lipinski definition) is 1. The Morgan fingerprint density at radius 2 is 1.90 bits per heavy atom. The highest BCUT2D eigenvalue weighted by Crippen LogP contribution is 2.32. The van der Waals surface area contributed by atoms with E-state index in [-0.39, 0.29) is 11.9 Å². The van der Waals surface area contributed by atoms with Crippen molar-refractivity contribution in [3.8, 4) is 0 Å². The molecule has 0 saturated carbocycles. The van der Waals surface area contributed by atoms with Crippen molar-refractivity contribution in [3.05, 3.63) is 67.9 Å². The smallest absolute Gasteiger partial charge is 0.127 e. The highest BCUT2D eigenvalue weighted by molar-refractivity contribution is 9.10. The molecule has 1 nitrogen and oxygen atoms in total. The molecule has 0 fully saturated rings. The standard InChI is InChI=1S/C17H18BrClFN/c1-4-21-17(12-5-10(2)6-13(18)8-12)14-7-11(3)16(20)9-15(14)19/h5-9,17,21H,4H2,1-3H3. The van der Waals surface area contributed by atoms with Crippen LogP contribution >= 0.6 is 27.5 Å². The van der Waals surface area contributed by atoms with Crippen LogP contribution in [0.4, 0.5) is 4.39 Å². The first-order valence-corrected chi connectivity index (χ1v) is 8.05. The molecular weight excluding hydrogens is 353 g/mol. The van der Waals surface area contributed by atoms with Gasteiger partial charge in [0.25, 0.3) is 0 Å². The minimum Gasteiger partial charge on any atom is -0.306 e. The third-order valence-electron chi connectivity index (χ3n) is 3.39. The Kier molecular flexibility index (Phi) is 5.42. The van der Waals surface area contributed by atoms with Crippen molar-refractivity contribution in [1.29, 1.82) is 0 Å². The first kappa shape index (κ1) is 16.5. The number of hydrogen-bond donors (Lipinski definition) is 1. The zero-order valence-electron chi connectivity index (χ0n) is 12.3. The third kappa shape index (κ3) is 3.85. The van der Waals surface area contributed by atoms with E-state index in [1.807, 2.05) is 13.0 Å². The molecule has 0 amide bonds. The monoisotopic (exact) mass is 369 g/mol. The van der Waals surface area contributed by atoms with Crippen molar-refractivity contribution < 1.29 is 4.39 Å². The summed E-state index contributed by atoms with van der Waals surface area (Å²) in [4.78, 5) is 0. The first-order chi connectivity index (χ1) is 9.92. The predicted octanol–water partition coefficient (Wildman–Crippen LogP) is 5.56. The van der Waals surface area contributed by atoms with Gasteiger partial charge >= 0.3 is 0 Å². The number of aryl methyl sites for hydroxylation is 2. The number of nitrogens with one attached hydrogen (secondary N) is 1. The Hall–Kier alpha value is -0.900. The van der Waals surface area contributed by atoms with Gasteiger partial charge in [-0.1, -0.05) is 40.5 Å². The summed E-state index contributed by atoms with van der Waals surface area (Å²) < 4.78 is 14.7. The molecule has 0 aliphatic carbocycles. The minimum absolute atomic E-state index is 0.0574. The summed E-state index contributed by atoms with van der Waals surface area (Å²) in [5, 5.41) is 3.88. The lowest BCUT2D eigenvalue weighted by molar-refractivity contribution is 0.606. The van der Waals surface area contributed by atoms with Crippen LogP contribution in [-0.4, -0.2) is 6.54 Å². The fourth-order valence-corrected chi connectivity index (χ4v) is 3.33. The second kappa shape index (κ2) is 6.91. The van der Waals surface area contributed by atoms with Crippen LogP contribution in [-0.2, 0) is 0 Å². The molecular formula is C17H18BrClFN. The van der Waals surface area contributed by atoms with Crippen LogP contribution in [0.2, 0.25) is 5.02 Å². The number of benzene rings is 2. The van der Waals surface area contributed by atoms with E-state index in [2.05, 4.69) is 46.4 Å². The van der Waals surface area contributed by atoms with Crippen molar-refractivity contribution in [3.63, 3.8) is 0 Å². The summed E-state index contributed by atoms with van der Waals surface area (Å²) >= 11 is 9.80. The van der Waals surface area contributed by atoms with Crippen LogP contribution in [0, 0.1) is 19.7 Å². The van der Waals surface area contributed by atoms with Gasteiger partial charge in [-0.05, 0) is 66.9 Å². The van der Waals surface area contributed by atoms with Gasteiger partial charge in [0.15, 0.2) is 0 Å². The topological polar surface area (TPSA) is 12.0 Å². The maximum atomic E-state index is 13.6. The second-order valence-electron chi connectivity index (χ2n) is 5.18. The first-order valence-electron chi connectivity index (χ1n) is 6.88. The highest BCUT2D eigenvalue weighted by Gasteiger charge is 2.18. The van der Waals surface area contributed by atoms with Crippen molar-refractivity contribution in [2.45, 2.75) is 26.8 Å². The molecule has 1 atom stereocenters. The van der Waals surface area contributed by atoms with Crippen LogP contribution in [0.5, 0.6) is 0 Å². The third-order valence-corrected chi connectivity index (χ3v) is 4.18. The van der Waals surface area contributed by atoms with Gasteiger partial charge in [-0.15, -0.1) is 0 Å². The Morgan fingerprint density at radius 3 is 2.52 bits per heavy atom. The lowest BCUT2D eigenvalue weighted by Crippen LogP contribution is -2.22. The van der Waals surface area contributed by atoms with Crippen molar-refractivity contribution in [2.24, 2.45) is 0 Å². The Morgan fingerprint density at radius 1 is 1.19 bits per heavy atom. The van der Waals surface area contributed by atoms with Crippen molar-refractivity contribution >= 4 is 27.5 Å². The Balaban J connectivity index is 2.55. The fourth-order valence-electron chi connectivity index (χ4n) is 2.44. The molecule has 0 heterocycles. The van der Waals surface area contributed by atoms with Crippen LogP contribution in [0.3, 0.4) is 0 Å². The number of rotatable bonds is 4. The molecule has 0 aliphatic rings. The SMILES string of the molecule is CCNC(c1cc(C)cc(Br)c1)c1cc(C)c(F)cc1Cl. The van der Waals surface area contributed by atoms with E-state index in [1.165, 1.54) is 6.07 Å². The van der Waals surface area contributed by atoms with Crippen molar-refractivity contribution in [2.75, 3.05) is 6.54 Å². The van der Waals surface area contributed by atoms with Crippen LogP contribution < -0.4 is 5.32 Å². The molecule has 0 aromatic heterocycles. The predicted molar refractivity (Wildman–Crippen MR) is 90.5 cm³/mol. The van der Waals surface area contributed by atoms with E-state index < -0.39 is 0 Å². The molecule has 2 aromatic carbocycles. The molecule has 0 saturated heterocycles. The summed E-state index contributed by atoms with van der Waals surface area (Å²) in [5.74, 6) is -0.274. The summed E-state index contributed by atoms with van der Waals surface area (Å²) in [6, 6.07) is 9.40. The van der Waals surface area contributed by atoms with E-state index in [1.54, 1.807) is 6.92 Å². The zero-order valence-corrected chi connectivity index (χ0v) is 14.6. The van der Waals surface area contributed by atoms with Crippen molar-refractivity contribution in [1.82, 2.24) is 5.32 Å². The average Bonchev–Trinajstić information content (AvgIpc) is 2.39. The molecule has 0 aliphatic heterocycles.